The summed E-state index contributed by atoms with van der Waals surface area (Å²) in [5.41, 5.74) is 25.7. The number of nitrogens with zero attached hydrogens (tertiary/aromatic N) is 1. The largest absolute Gasteiger partial charge is 0.489 e. The second kappa shape index (κ2) is 70.9. The second-order valence-corrected chi connectivity index (χ2v) is 29.9. The molecule has 0 saturated heterocycles. The van der Waals surface area contributed by atoms with Gasteiger partial charge in [-0.05, 0) is 163 Å². The molecule has 5 amide bonds. The number of hydrogen-bond acceptors (Lipinski definition) is 22. The summed E-state index contributed by atoms with van der Waals surface area (Å²) in [5.74, 6) is 0.157. The smallest absolute Gasteiger partial charge is 0.407 e. The molecule has 14 N–H and O–H groups in total. The van der Waals surface area contributed by atoms with Crippen molar-refractivity contribution in [3.8, 4) is 23.0 Å². The van der Waals surface area contributed by atoms with Crippen molar-refractivity contribution in [2.24, 2.45) is 17.2 Å². The highest BCUT2D eigenvalue weighted by molar-refractivity contribution is 6.61. The molecule has 720 valence electrons. The summed E-state index contributed by atoms with van der Waals surface area (Å²) < 4.78 is 37.4. The summed E-state index contributed by atoms with van der Waals surface area (Å²) in [6, 6.07) is 85.1. The zero-order valence-corrected chi connectivity index (χ0v) is 78.5. The van der Waals surface area contributed by atoms with Gasteiger partial charge in [-0.1, -0.05) is 251 Å². The second-order valence-electron chi connectivity index (χ2n) is 29.6. The minimum absolute atomic E-state index is 0.0227. The molecule has 4 unspecified atom stereocenters. The fraction of sp³-hybridized carbons (Fsp3) is 0.327. The number of ketones is 2. The summed E-state index contributed by atoms with van der Waals surface area (Å²) in [6.07, 6.45) is 1.85. The van der Waals surface area contributed by atoms with Crippen LogP contribution in [0.2, 0.25) is 0 Å². The van der Waals surface area contributed by atoms with Crippen LogP contribution < -0.4 is 62.7 Å². The number of hydrogen-bond donors (Lipinski definition) is 11. The molecule has 0 aliphatic carbocycles. The van der Waals surface area contributed by atoms with Crippen molar-refractivity contribution in [3.63, 3.8) is 0 Å². The molecule has 4 atom stereocenters. The zero-order valence-electron chi connectivity index (χ0n) is 77.8. The van der Waals surface area contributed by atoms with E-state index in [0.717, 1.165) is 80.0 Å². The van der Waals surface area contributed by atoms with E-state index < -0.39 is 53.7 Å². The number of alkyl carbamates (subject to hydrolysis) is 2. The predicted molar refractivity (Wildman–Crippen MR) is 520 cm³/mol. The van der Waals surface area contributed by atoms with Crippen LogP contribution in [0.25, 0.3) is 0 Å². The third kappa shape index (κ3) is 55.4. The number of Topliss-reactive ketones (excluding diaryl/α,β-unsaturated/α-hetero) is 2. The number of carboxylic acids is 2. The molecule has 0 spiro atoms. The minimum atomic E-state index is -1.05. The lowest BCUT2D eigenvalue weighted by Gasteiger charge is -2.17. The van der Waals surface area contributed by atoms with E-state index >= 15 is 0 Å². The van der Waals surface area contributed by atoms with Gasteiger partial charge in [0, 0.05) is 84.9 Å². The Labute approximate surface area is 792 Å². The van der Waals surface area contributed by atoms with Crippen LogP contribution in [-0.4, -0.2) is 163 Å². The van der Waals surface area contributed by atoms with E-state index in [4.69, 9.17) is 72.5 Å². The summed E-state index contributed by atoms with van der Waals surface area (Å²) in [7, 11) is 1.00. The normalized spacial score (nSPS) is 10.9. The molecule has 0 radical (unpaired) electrons. The van der Waals surface area contributed by atoms with E-state index in [9.17, 15) is 47.9 Å². The fourth-order valence-corrected chi connectivity index (χ4v) is 11.9. The molecule has 0 aliphatic heterocycles. The van der Waals surface area contributed by atoms with Crippen molar-refractivity contribution >= 4 is 70.4 Å². The van der Waals surface area contributed by atoms with E-state index in [2.05, 4.69) is 57.0 Å². The average Bonchev–Trinajstić information content (AvgIpc) is 0.954. The first-order valence-electron chi connectivity index (χ1n) is 44.1. The van der Waals surface area contributed by atoms with E-state index in [1.807, 2.05) is 255 Å². The Kier molecular flexibility index (Phi) is 60.5. The van der Waals surface area contributed by atoms with Crippen molar-refractivity contribution in [1.29, 1.82) is 0 Å². The Bertz CT molecular complexity index is 4880. The molecule has 10 aromatic carbocycles. The maximum absolute atomic E-state index is 12.8. The monoisotopic (exact) mass is 1860 g/mol. The summed E-state index contributed by atoms with van der Waals surface area (Å²) in [6.45, 7) is 20.5. The number of carbonyl (C=O) groups excluding carboxylic acids is 8. The molecule has 0 saturated carbocycles. The number of halogens is 1. The van der Waals surface area contributed by atoms with E-state index in [1.54, 1.807) is 31.2 Å². The molecule has 10 rings (SSSR count). The number of aliphatic carboxylic acids is 2. The van der Waals surface area contributed by atoms with Gasteiger partial charge in [0.2, 0.25) is 17.7 Å². The highest BCUT2D eigenvalue weighted by Crippen LogP contribution is 2.21. The number of benzene rings is 10. The molecule has 30 heteroatoms. The van der Waals surface area contributed by atoms with Crippen molar-refractivity contribution in [3.05, 3.63) is 335 Å². The van der Waals surface area contributed by atoms with E-state index in [0.29, 0.717) is 103 Å². The molecule has 29 nitrogen and oxygen atoms in total. The SMILES string of the molecule is CC(=O)NC(Cc1ccc(OCc2ccccc2)cc1)C(=O)CCCNC(=O)OCc1ccccc1.CC(=O)NC(Cc1ccc(OCc2ccccc2)cc1)C(=O)O.CC(=O)NCCN.CCN(CC)CC.CCOC(=O)Cl.CO.NC(Cc1ccc(OCc2ccccc2)cc1)C(=O)CCCNC(=O)OCc1ccccc1.NC(Cc1ccc(OCc2ccccc2)cc1)C(=O)O. The highest BCUT2D eigenvalue weighted by atomic mass is 35.5. The van der Waals surface area contributed by atoms with Gasteiger partial charge in [0.05, 0.1) is 18.7 Å². The summed E-state index contributed by atoms with van der Waals surface area (Å²) >= 11 is 4.72. The number of aliphatic hydroxyl groups is 1. The number of carbonyl (C=O) groups is 10. The molecule has 0 heterocycles. The van der Waals surface area contributed by atoms with Gasteiger partial charge in [-0.3, -0.25) is 28.8 Å². The van der Waals surface area contributed by atoms with Crippen LogP contribution in [0.3, 0.4) is 0 Å². The zero-order chi connectivity index (χ0) is 98.3. The number of amides is 5. The third-order valence-electron chi connectivity index (χ3n) is 18.9. The standard InChI is InChI=1S/C29H32N2O5.C27H30N2O4.C18H19NO4.C16H17NO3.C6H15N.C4H10N2O.C3H5ClO2.CH4O/c1-22(32)31-27(19-23-14-16-26(17-15-23)35-20-24-9-4-2-5-10-24)28(33)13-8-18-30-29(34)36-21-25-11-6-3-7-12-25;28-25(18-21-13-15-24(16-14-21)32-19-22-8-3-1-4-9-22)26(30)12-7-17-29-27(31)33-20-23-10-5-2-6-11-23;1-13(20)19-17(18(21)22)11-14-7-9-16(10-8-14)23-12-15-5-3-2-4-6-15;17-15(16(18)19)10-12-6-8-14(9-7-12)20-11-13-4-2-1-3-5-13;1-4-7(5-2)6-3;1-4(7)6-3-2-5;1-2-6-3(4)5;1-2/h2-7,9-12,14-17,27H,8,13,18-21H2,1H3,(H,30,34)(H,31,32);1-6,8-11,13-16,25H,7,12,17-20,28H2,(H,29,31);2-10,17H,11-12H2,1H3,(H,19,20)(H,21,22);1-9,15H,10-11,17H2,(H,18,19);4-6H2,1-3H3;2-3,5H2,1H3,(H,6,7);2H2,1H3;2H,1H3. The molecule has 0 aliphatic rings. The maximum atomic E-state index is 12.8. The summed E-state index contributed by atoms with van der Waals surface area (Å²) in [4.78, 5) is 115. The van der Waals surface area contributed by atoms with Crippen molar-refractivity contribution in [2.45, 2.75) is 164 Å². The molecular formula is C104H132ClN9O20. The van der Waals surface area contributed by atoms with Crippen molar-refractivity contribution in [2.75, 3.05) is 59.5 Å². The lowest BCUT2D eigenvalue weighted by atomic mass is 9.99. The van der Waals surface area contributed by atoms with Gasteiger partial charge >= 0.3 is 29.6 Å². The van der Waals surface area contributed by atoms with Gasteiger partial charge < -0.3 is 97.2 Å². The van der Waals surface area contributed by atoms with Crippen LogP contribution in [0.4, 0.5) is 14.4 Å². The average molecular weight is 1860 g/mol. The Hall–Kier alpha value is -13.8. The number of ether oxygens (including phenoxy) is 7. The van der Waals surface area contributed by atoms with E-state index in [1.165, 1.54) is 40.4 Å². The van der Waals surface area contributed by atoms with Gasteiger partial charge in [0.15, 0.2) is 5.78 Å². The first kappa shape index (κ1) is 114. The molecule has 134 heavy (non-hydrogen) atoms. The predicted octanol–water partition coefficient (Wildman–Crippen LogP) is 15.0. The number of nitrogens with one attached hydrogen (secondary N) is 5. The molecule has 0 bridgehead atoms. The lowest BCUT2D eigenvalue weighted by Crippen LogP contribution is -2.41. The summed E-state index contributed by atoms with van der Waals surface area (Å²) in [5, 5.41) is 37.9. The Morgan fingerprint density at radius 3 is 0.866 bits per heavy atom. The number of nitrogens with two attached hydrogens (primary N) is 3. The molecule has 0 fully saturated rings. The van der Waals surface area contributed by atoms with Crippen molar-refractivity contribution in [1.82, 2.24) is 31.5 Å². The number of rotatable bonds is 44. The first-order chi connectivity index (χ1) is 64.7. The fourth-order valence-electron chi connectivity index (χ4n) is 11.8. The molecule has 0 aromatic heterocycles. The van der Waals surface area contributed by atoms with Gasteiger partial charge in [0.1, 0.15) is 80.5 Å². The quantitative estimate of drug-likeness (QED) is 0.00959. The van der Waals surface area contributed by atoms with Gasteiger partial charge in [0.25, 0.3) is 0 Å². The lowest BCUT2D eigenvalue weighted by molar-refractivity contribution is -0.141. The van der Waals surface area contributed by atoms with Gasteiger partial charge in [-0.25, -0.2) is 19.2 Å². The molecule has 10 aromatic rings. The maximum Gasteiger partial charge on any atom is 0.407 e. The topological polar surface area (TPSA) is 437 Å². The van der Waals surface area contributed by atoms with Gasteiger partial charge in [-0.15, -0.1) is 0 Å². The Morgan fingerprint density at radius 1 is 0.336 bits per heavy atom. The van der Waals surface area contributed by atoms with Crippen molar-refractivity contribution < 1.29 is 96.4 Å². The van der Waals surface area contributed by atoms with Crippen LogP contribution >= 0.6 is 11.6 Å². The highest BCUT2D eigenvalue weighted by Gasteiger charge is 2.22. The van der Waals surface area contributed by atoms with Crippen LogP contribution in [0.15, 0.2) is 279 Å². The number of carboxylic acid groups (broad SMARTS) is 2. The minimum Gasteiger partial charge on any atom is -0.489 e. The Balaban J connectivity index is 0.000000434. The third-order valence-corrected chi connectivity index (χ3v) is 19.0. The van der Waals surface area contributed by atoms with Gasteiger partial charge in [-0.2, -0.15) is 0 Å². The van der Waals surface area contributed by atoms with E-state index in [-0.39, 0.29) is 55.3 Å². The van der Waals surface area contributed by atoms with Crippen LogP contribution in [0.5, 0.6) is 23.0 Å². The first-order valence-corrected chi connectivity index (χ1v) is 44.5. The number of aliphatic hydroxyl groups excluding tert-OH is 1. The molecular weight excluding hydrogens is 1730 g/mol. The Morgan fingerprint density at radius 2 is 0.619 bits per heavy atom. The van der Waals surface area contributed by atoms with Crippen LogP contribution in [0, 0.1) is 0 Å². The van der Waals surface area contributed by atoms with Crippen LogP contribution in [-0.2, 0) is 113 Å². The van der Waals surface area contributed by atoms with Crippen LogP contribution in [0.1, 0.15) is 130 Å².